The Balaban J connectivity index is 1.96. The minimum absolute atomic E-state index is 0.118. The van der Waals surface area contributed by atoms with E-state index in [0.717, 1.165) is 25.0 Å². The molecule has 4 nitrogen and oxygen atoms in total. The molecule has 5 heteroatoms. The number of ether oxygens (including phenoxy) is 2. The molecule has 1 aromatic rings. The molecule has 1 heterocycles. The maximum absolute atomic E-state index is 12.3. The molecule has 0 saturated carbocycles. The van der Waals surface area contributed by atoms with Crippen LogP contribution in [0.5, 0.6) is 5.75 Å². The van der Waals surface area contributed by atoms with E-state index in [1.807, 2.05) is 19.1 Å². The molecule has 0 spiro atoms. The number of halogens is 1. The molecule has 0 bridgehead atoms. The number of rotatable bonds is 5. The zero-order chi connectivity index (χ0) is 15.5. The zero-order valence-electron chi connectivity index (χ0n) is 12.7. The smallest absolute Gasteiger partial charge is 0.263 e. The minimum Gasteiger partial charge on any atom is -0.476 e. The van der Waals surface area contributed by atoms with Gasteiger partial charge >= 0.3 is 0 Å². The highest BCUT2D eigenvalue weighted by atomic mass is 35.5. The van der Waals surface area contributed by atoms with E-state index in [0.29, 0.717) is 17.3 Å². The molecular weight excluding hydrogens is 290 g/mol. The summed E-state index contributed by atoms with van der Waals surface area (Å²) in [6.45, 7) is 6.72. The van der Waals surface area contributed by atoms with Crippen LogP contribution < -0.4 is 10.1 Å². The van der Waals surface area contributed by atoms with Crippen LogP contribution in [-0.4, -0.2) is 30.8 Å². The van der Waals surface area contributed by atoms with Crippen LogP contribution in [0.1, 0.15) is 32.3 Å². The van der Waals surface area contributed by atoms with Crippen molar-refractivity contribution >= 4 is 17.5 Å². The Kier molecular flexibility index (Phi) is 5.12. The van der Waals surface area contributed by atoms with Gasteiger partial charge in [-0.3, -0.25) is 4.79 Å². The van der Waals surface area contributed by atoms with E-state index in [1.165, 1.54) is 0 Å². The van der Waals surface area contributed by atoms with Crippen LogP contribution in [0.25, 0.3) is 0 Å². The summed E-state index contributed by atoms with van der Waals surface area (Å²) in [7, 11) is 0. The van der Waals surface area contributed by atoms with Gasteiger partial charge in [0.1, 0.15) is 5.75 Å². The first-order chi connectivity index (χ1) is 9.88. The maximum Gasteiger partial charge on any atom is 0.263 e. The van der Waals surface area contributed by atoms with Gasteiger partial charge in [-0.05, 0) is 51.3 Å². The molecule has 0 aromatic heterocycles. The van der Waals surface area contributed by atoms with E-state index in [-0.39, 0.29) is 12.0 Å². The van der Waals surface area contributed by atoms with Crippen LogP contribution in [0.3, 0.4) is 0 Å². The maximum atomic E-state index is 12.3. The van der Waals surface area contributed by atoms with Gasteiger partial charge in [-0.25, -0.2) is 0 Å². The molecule has 0 unspecified atom stereocenters. The summed E-state index contributed by atoms with van der Waals surface area (Å²) >= 11 is 6.11. The summed E-state index contributed by atoms with van der Waals surface area (Å²) in [6.07, 6.45) is 2.16. The van der Waals surface area contributed by atoms with Crippen LogP contribution >= 0.6 is 11.6 Å². The molecule has 1 N–H and O–H groups in total. The lowest BCUT2D eigenvalue weighted by atomic mass is 10.1. The molecule has 1 atom stereocenters. The van der Waals surface area contributed by atoms with Crippen molar-refractivity contribution in [2.24, 2.45) is 0 Å². The topological polar surface area (TPSA) is 47.6 Å². The average Bonchev–Trinajstić information content (AvgIpc) is 2.93. The van der Waals surface area contributed by atoms with Crippen molar-refractivity contribution in [1.82, 2.24) is 5.32 Å². The first-order valence-corrected chi connectivity index (χ1v) is 7.61. The lowest BCUT2D eigenvalue weighted by molar-refractivity contribution is -0.134. The summed E-state index contributed by atoms with van der Waals surface area (Å²) in [5.41, 5.74) is 0.0423. The summed E-state index contributed by atoms with van der Waals surface area (Å²) in [4.78, 5) is 12.3. The quantitative estimate of drug-likeness (QED) is 0.909. The molecule has 1 amide bonds. The normalized spacial score (nSPS) is 18.6. The molecule has 1 aliphatic rings. The Labute approximate surface area is 130 Å². The Bertz CT molecular complexity index is 510. The number of benzene rings is 1. The molecule has 0 aliphatic carbocycles. The highest BCUT2D eigenvalue weighted by Gasteiger charge is 2.31. The van der Waals surface area contributed by atoms with Gasteiger partial charge in [0.15, 0.2) is 5.60 Å². The molecule has 0 radical (unpaired) electrons. The highest BCUT2D eigenvalue weighted by Crippen LogP contribution is 2.29. The van der Waals surface area contributed by atoms with Gasteiger partial charge in [-0.15, -0.1) is 0 Å². The Morgan fingerprint density at radius 2 is 2.29 bits per heavy atom. The second-order valence-corrected chi connectivity index (χ2v) is 6.30. The number of hydrogen-bond acceptors (Lipinski definition) is 3. The predicted octanol–water partition coefficient (Wildman–Crippen LogP) is 3.10. The summed E-state index contributed by atoms with van der Waals surface area (Å²) in [6, 6.07) is 5.50. The van der Waals surface area contributed by atoms with Crippen molar-refractivity contribution < 1.29 is 14.3 Å². The second kappa shape index (κ2) is 6.67. The minimum atomic E-state index is -0.990. The van der Waals surface area contributed by atoms with E-state index >= 15 is 0 Å². The number of aryl methyl sites for hydroxylation is 1. The fourth-order valence-corrected chi connectivity index (χ4v) is 2.39. The fraction of sp³-hybridized carbons (Fsp3) is 0.562. The second-order valence-electron chi connectivity index (χ2n) is 5.89. The van der Waals surface area contributed by atoms with Gasteiger partial charge in [-0.1, -0.05) is 17.7 Å². The van der Waals surface area contributed by atoms with E-state index in [2.05, 4.69) is 5.32 Å². The van der Waals surface area contributed by atoms with Crippen LogP contribution in [0.2, 0.25) is 5.02 Å². The fourth-order valence-electron chi connectivity index (χ4n) is 2.23. The third-order valence-corrected chi connectivity index (χ3v) is 3.83. The Morgan fingerprint density at radius 3 is 2.95 bits per heavy atom. The molecule has 1 saturated heterocycles. The molecule has 1 aliphatic heterocycles. The lowest BCUT2D eigenvalue weighted by Gasteiger charge is -2.26. The molecule has 1 fully saturated rings. The first kappa shape index (κ1) is 16.1. The first-order valence-electron chi connectivity index (χ1n) is 7.23. The van der Waals surface area contributed by atoms with Gasteiger partial charge in [0.25, 0.3) is 5.91 Å². The van der Waals surface area contributed by atoms with Crippen molar-refractivity contribution in [3.8, 4) is 5.75 Å². The van der Waals surface area contributed by atoms with Crippen molar-refractivity contribution in [1.29, 1.82) is 0 Å². The summed E-state index contributed by atoms with van der Waals surface area (Å²) in [5.74, 6) is 0.351. The SMILES string of the molecule is Cc1ccc(Cl)c(OC(C)(C)C(=O)NC[C@H]2CCCO2)c1. The number of nitrogens with one attached hydrogen (secondary N) is 1. The van der Waals surface area contributed by atoms with E-state index in [1.54, 1.807) is 19.9 Å². The number of amides is 1. The van der Waals surface area contributed by atoms with Crippen molar-refractivity contribution in [2.75, 3.05) is 13.2 Å². The summed E-state index contributed by atoms with van der Waals surface area (Å²) < 4.78 is 11.3. The van der Waals surface area contributed by atoms with Crippen molar-refractivity contribution in [2.45, 2.75) is 45.3 Å². The van der Waals surface area contributed by atoms with Crippen molar-refractivity contribution in [3.05, 3.63) is 28.8 Å². The molecule has 21 heavy (non-hydrogen) atoms. The lowest BCUT2D eigenvalue weighted by Crippen LogP contribution is -2.48. The van der Waals surface area contributed by atoms with Crippen LogP contribution in [0, 0.1) is 6.92 Å². The number of carbonyl (C=O) groups is 1. The standard InChI is InChI=1S/C16H22ClNO3/c1-11-6-7-13(17)14(9-11)21-16(2,3)15(19)18-10-12-5-4-8-20-12/h6-7,9,12H,4-5,8,10H2,1-3H3,(H,18,19)/t12-/m1/s1. The Morgan fingerprint density at radius 1 is 1.52 bits per heavy atom. The zero-order valence-corrected chi connectivity index (χ0v) is 13.5. The Hall–Kier alpha value is -1.26. The molecule has 2 rings (SSSR count). The van der Waals surface area contributed by atoms with E-state index in [9.17, 15) is 4.79 Å². The van der Waals surface area contributed by atoms with E-state index < -0.39 is 5.60 Å². The number of hydrogen-bond donors (Lipinski definition) is 1. The van der Waals surface area contributed by atoms with Gasteiger partial charge < -0.3 is 14.8 Å². The molecule has 1 aromatic carbocycles. The van der Waals surface area contributed by atoms with E-state index in [4.69, 9.17) is 21.1 Å². The van der Waals surface area contributed by atoms with Crippen LogP contribution in [-0.2, 0) is 9.53 Å². The van der Waals surface area contributed by atoms with Gasteiger partial charge in [0, 0.05) is 13.2 Å². The predicted molar refractivity (Wildman–Crippen MR) is 82.9 cm³/mol. The monoisotopic (exact) mass is 311 g/mol. The third kappa shape index (κ3) is 4.35. The van der Waals surface area contributed by atoms with Gasteiger partial charge in [0.2, 0.25) is 0 Å². The van der Waals surface area contributed by atoms with Gasteiger partial charge in [0.05, 0.1) is 11.1 Å². The third-order valence-electron chi connectivity index (χ3n) is 3.51. The average molecular weight is 312 g/mol. The number of carbonyl (C=O) groups excluding carboxylic acids is 1. The molecule has 116 valence electrons. The van der Waals surface area contributed by atoms with Gasteiger partial charge in [-0.2, -0.15) is 0 Å². The highest BCUT2D eigenvalue weighted by molar-refractivity contribution is 6.32. The van der Waals surface area contributed by atoms with Crippen LogP contribution in [0.4, 0.5) is 0 Å². The largest absolute Gasteiger partial charge is 0.476 e. The summed E-state index contributed by atoms with van der Waals surface area (Å²) in [5, 5.41) is 3.39. The van der Waals surface area contributed by atoms with Crippen LogP contribution in [0.15, 0.2) is 18.2 Å². The van der Waals surface area contributed by atoms with Crippen molar-refractivity contribution in [3.63, 3.8) is 0 Å². The molecular formula is C16H22ClNO3.